The Balaban J connectivity index is 1.34. The number of methoxy groups -OCH3 is 1. The van der Waals surface area contributed by atoms with Gasteiger partial charge in [0.25, 0.3) is 0 Å². The zero-order valence-electron chi connectivity index (χ0n) is 16.3. The van der Waals surface area contributed by atoms with Gasteiger partial charge < -0.3 is 19.5 Å². The van der Waals surface area contributed by atoms with Crippen LogP contribution in [0.3, 0.4) is 0 Å². The Morgan fingerprint density at radius 2 is 1.89 bits per heavy atom. The highest BCUT2D eigenvalue weighted by Gasteiger charge is 2.29. The van der Waals surface area contributed by atoms with Crippen LogP contribution in [0.5, 0.6) is 5.75 Å². The summed E-state index contributed by atoms with van der Waals surface area (Å²) in [6.45, 7) is 4.47. The molecule has 6 heteroatoms. The largest absolute Gasteiger partial charge is 0.496 e. The molecule has 27 heavy (non-hydrogen) atoms. The Bertz CT molecular complexity index is 596. The number of nitrogens with zero attached hydrogens (tertiary/aromatic N) is 2. The van der Waals surface area contributed by atoms with Gasteiger partial charge in [-0.15, -0.1) is 0 Å². The summed E-state index contributed by atoms with van der Waals surface area (Å²) in [5, 5.41) is 10.3. The third kappa shape index (κ3) is 5.67. The number of hydrogen-bond acceptors (Lipinski definition) is 5. The molecule has 1 saturated heterocycles. The summed E-state index contributed by atoms with van der Waals surface area (Å²) in [5.41, 5.74) is 0.978. The molecule has 1 saturated carbocycles. The van der Waals surface area contributed by atoms with Crippen LogP contribution in [0.1, 0.15) is 31.2 Å². The van der Waals surface area contributed by atoms with Crippen LogP contribution in [0.2, 0.25) is 0 Å². The first-order valence-electron chi connectivity index (χ1n) is 10.1. The van der Waals surface area contributed by atoms with Crippen LogP contribution in [0.4, 0.5) is 0 Å². The lowest BCUT2D eigenvalue weighted by molar-refractivity contribution is -0.137. The minimum absolute atomic E-state index is 0.255. The van der Waals surface area contributed by atoms with Crippen LogP contribution < -0.4 is 4.74 Å². The summed E-state index contributed by atoms with van der Waals surface area (Å²) < 4.78 is 11.0. The molecule has 6 nitrogen and oxygen atoms in total. The summed E-state index contributed by atoms with van der Waals surface area (Å²) in [4.78, 5) is 16.7. The lowest BCUT2D eigenvalue weighted by Crippen LogP contribution is -2.51. The summed E-state index contributed by atoms with van der Waals surface area (Å²) in [6.07, 6.45) is 3.97. The van der Waals surface area contributed by atoms with Crippen LogP contribution in [-0.2, 0) is 16.1 Å². The molecule has 1 aliphatic heterocycles. The molecular formula is C21H32N2O4. The van der Waals surface area contributed by atoms with Crippen molar-refractivity contribution in [1.82, 2.24) is 9.80 Å². The van der Waals surface area contributed by atoms with E-state index in [1.54, 1.807) is 7.11 Å². The van der Waals surface area contributed by atoms with Gasteiger partial charge in [0.15, 0.2) is 0 Å². The van der Waals surface area contributed by atoms with Crippen molar-refractivity contribution in [3.63, 3.8) is 0 Å². The molecule has 2 fully saturated rings. The Labute approximate surface area is 162 Å². The van der Waals surface area contributed by atoms with Crippen molar-refractivity contribution in [2.75, 3.05) is 46.4 Å². The van der Waals surface area contributed by atoms with Crippen LogP contribution >= 0.6 is 0 Å². The molecule has 1 amide bonds. The maximum Gasteiger partial charge on any atom is 0.225 e. The van der Waals surface area contributed by atoms with Gasteiger partial charge in [-0.05, 0) is 18.9 Å². The van der Waals surface area contributed by atoms with Crippen molar-refractivity contribution in [2.45, 2.75) is 38.4 Å². The number of rotatable bonds is 8. The first-order valence-corrected chi connectivity index (χ1v) is 10.1. The summed E-state index contributed by atoms with van der Waals surface area (Å²) >= 11 is 0. The topological polar surface area (TPSA) is 62.2 Å². The summed E-state index contributed by atoms with van der Waals surface area (Å²) in [7, 11) is 1.64. The minimum atomic E-state index is -0.531. The summed E-state index contributed by atoms with van der Waals surface area (Å²) in [6, 6.07) is 7.74. The van der Waals surface area contributed by atoms with Gasteiger partial charge in [-0.25, -0.2) is 0 Å². The van der Waals surface area contributed by atoms with E-state index in [4.69, 9.17) is 9.47 Å². The second kappa shape index (κ2) is 10.1. The van der Waals surface area contributed by atoms with Crippen molar-refractivity contribution in [2.24, 2.45) is 5.92 Å². The number of aliphatic hydroxyl groups is 1. The van der Waals surface area contributed by atoms with Crippen LogP contribution in [0.15, 0.2) is 24.3 Å². The molecule has 0 radical (unpaired) electrons. The number of para-hydroxylation sites is 1. The highest BCUT2D eigenvalue weighted by Crippen LogP contribution is 2.27. The highest BCUT2D eigenvalue weighted by molar-refractivity contribution is 5.79. The molecule has 1 N–H and O–H groups in total. The van der Waals surface area contributed by atoms with Gasteiger partial charge in [0.2, 0.25) is 5.91 Å². The molecule has 1 aromatic rings. The third-order valence-corrected chi connectivity index (χ3v) is 5.62. The molecule has 150 valence electrons. The lowest BCUT2D eigenvalue weighted by atomic mass is 10.1. The van der Waals surface area contributed by atoms with Gasteiger partial charge in [0.1, 0.15) is 5.75 Å². The van der Waals surface area contributed by atoms with E-state index in [9.17, 15) is 9.90 Å². The fraction of sp³-hybridized carbons (Fsp3) is 0.667. The second-order valence-electron chi connectivity index (χ2n) is 7.59. The number of hydrogen-bond donors (Lipinski definition) is 1. The van der Waals surface area contributed by atoms with Gasteiger partial charge in [-0.2, -0.15) is 0 Å². The van der Waals surface area contributed by atoms with E-state index >= 15 is 0 Å². The minimum Gasteiger partial charge on any atom is -0.496 e. The monoisotopic (exact) mass is 376 g/mol. The first kappa shape index (κ1) is 20.1. The average molecular weight is 376 g/mol. The number of benzene rings is 1. The molecule has 0 spiro atoms. The second-order valence-corrected chi connectivity index (χ2v) is 7.59. The SMILES string of the molecule is COc1ccccc1COCC(O)CN1CCN(C(=O)C2CCCC2)CC1. The van der Waals surface area contributed by atoms with Crippen molar-refractivity contribution in [3.8, 4) is 5.75 Å². The number of amides is 1. The first-order chi connectivity index (χ1) is 13.2. The van der Waals surface area contributed by atoms with Crippen molar-refractivity contribution in [3.05, 3.63) is 29.8 Å². The third-order valence-electron chi connectivity index (χ3n) is 5.62. The van der Waals surface area contributed by atoms with E-state index in [0.29, 0.717) is 25.7 Å². The maximum atomic E-state index is 12.5. The van der Waals surface area contributed by atoms with Gasteiger partial charge >= 0.3 is 0 Å². The molecule has 1 heterocycles. The van der Waals surface area contributed by atoms with E-state index in [1.807, 2.05) is 29.2 Å². The van der Waals surface area contributed by atoms with Crippen LogP contribution in [-0.4, -0.2) is 73.4 Å². The predicted octanol–water partition coefficient (Wildman–Crippen LogP) is 1.91. The maximum absolute atomic E-state index is 12.5. The van der Waals surface area contributed by atoms with E-state index in [1.165, 1.54) is 12.8 Å². The number of carbonyl (C=O) groups is 1. The molecule has 3 rings (SSSR count). The molecule has 1 aliphatic carbocycles. The fourth-order valence-corrected chi connectivity index (χ4v) is 4.06. The van der Waals surface area contributed by atoms with Gasteiger partial charge in [0, 0.05) is 44.2 Å². The van der Waals surface area contributed by atoms with E-state index < -0.39 is 6.10 Å². The number of ether oxygens (including phenoxy) is 2. The Kier molecular flexibility index (Phi) is 7.50. The standard InChI is InChI=1S/C21H32N2O4/c1-26-20-9-5-4-8-18(20)15-27-16-19(24)14-22-10-12-23(13-11-22)21(25)17-6-2-3-7-17/h4-5,8-9,17,19,24H,2-3,6-7,10-16H2,1H3. The van der Waals surface area contributed by atoms with Crippen LogP contribution in [0.25, 0.3) is 0 Å². The molecule has 1 atom stereocenters. The number of β-amino-alcohol motifs (C(OH)–C–C–N with tert-alkyl or cyclic N) is 1. The molecule has 2 aliphatic rings. The zero-order chi connectivity index (χ0) is 19.1. The van der Waals surface area contributed by atoms with E-state index in [0.717, 1.165) is 50.3 Å². The predicted molar refractivity (Wildman–Crippen MR) is 104 cm³/mol. The normalized spacial score (nSPS) is 20.0. The molecule has 1 unspecified atom stereocenters. The lowest BCUT2D eigenvalue weighted by Gasteiger charge is -2.36. The van der Waals surface area contributed by atoms with E-state index in [-0.39, 0.29) is 5.92 Å². The number of aliphatic hydroxyl groups excluding tert-OH is 1. The number of carbonyl (C=O) groups excluding carboxylic acids is 1. The highest BCUT2D eigenvalue weighted by atomic mass is 16.5. The smallest absolute Gasteiger partial charge is 0.225 e. The van der Waals surface area contributed by atoms with E-state index in [2.05, 4.69) is 4.90 Å². The number of piperazine rings is 1. The molecule has 0 aromatic heterocycles. The summed E-state index contributed by atoms with van der Waals surface area (Å²) in [5.74, 6) is 1.40. The zero-order valence-corrected chi connectivity index (χ0v) is 16.3. The average Bonchev–Trinajstić information content (AvgIpc) is 3.23. The Hall–Kier alpha value is -1.63. The van der Waals surface area contributed by atoms with Gasteiger partial charge in [-0.1, -0.05) is 31.0 Å². The molecule has 0 bridgehead atoms. The van der Waals surface area contributed by atoms with Gasteiger partial charge in [0.05, 0.1) is 26.4 Å². The molecule has 1 aromatic carbocycles. The fourth-order valence-electron chi connectivity index (χ4n) is 4.06. The Morgan fingerprint density at radius 3 is 2.59 bits per heavy atom. The van der Waals surface area contributed by atoms with Crippen molar-refractivity contribution in [1.29, 1.82) is 0 Å². The van der Waals surface area contributed by atoms with Crippen molar-refractivity contribution < 1.29 is 19.4 Å². The van der Waals surface area contributed by atoms with Crippen molar-refractivity contribution >= 4 is 5.91 Å². The van der Waals surface area contributed by atoms with Crippen LogP contribution in [0, 0.1) is 5.92 Å². The molecular weight excluding hydrogens is 344 g/mol. The van der Waals surface area contributed by atoms with Gasteiger partial charge in [-0.3, -0.25) is 9.69 Å². The Morgan fingerprint density at radius 1 is 1.19 bits per heavy atom. The quantitative estimate of drug-likeness (QED) is 0.751.